The molecule has 2 N–H and O–H groups in total. The van der Waals surface area contributed by atoms with Crippen LogP contribution in [0.3, 0.4) is 0 Å². The molecule has 82 valence electrons. The van der Waals surface area contributed by atoms with Gasteiger partial charge in [0.2, 0.25) is 0 Å². The van der Waals surface area contributed by atoms with Gasteiger partial charge < -0.3 is 10.4 Å². The van der Waals surface area contributed by atoms with E-state index in [1.807, 2.05) is 0 Å². The van der Waals surface area contributed by atoms with Crippen molar-refractivity contribution in [2.45, 2.75) is 6.10 Å². The second-order valence-corrected chi connectivity index (χ2v) is 4.31. The molecule has 1 unspecified atom stereocenters. The molecule has 0 aliphatic heterocycles. The summed E-state index contributed by atoms with van der Waals surface area (Å²) in [4.78, 5) is 0. The van der Waals surface area contributed by atoms with E-state index >= 15 is 0 Å². The van der Waals surface area contributed by atoms with Gasteiger partial charge >= 0.3 is 0 Å². The Morgan fingerprint density at radius 1 is 1.53 bits per heavy atom. The van der Waals surface area contributed by atoms with Gasteiger partial charge in [0.25, 0.3) is 0 Å². The van der Waals surface area contributed by atoms with Gasteiger partial charge in [0.15, 0.2) is 0 Å². The highest BCUT2D eigenvalue weighted by atomic mass is 79.9. The highest BCUT2D eigenvalue weighted by Crippen LogP contribution is 2.15. The third kappa shape index (κ3) is 4.11. The Kier molecular flexibility index (Phi) is 4.94. The number of benzene rings is 1. The van der Waals surface area contributed by atoms with Gasteiger partial charge in [-0.25, -0.2) is 4.39 Å². The van der Waals surface area contributed by atoms with Crippen LogP contribution in [0, 0.1) is 5.82 Å². The fraction of sp³-hybridized carbons (Fsp3) is 0.273. The summed E-state index contributed by atoms with van der Waals surface area (Å²) in [5, 5.41) is 12.6. The molecule has 0 heterocycles. The van der Waals surface area contributed by atoms with E-state index < -0.39 is 6.10 Å². The Balaban J connectivity index is 2.50. The van der Waals surface area contributed by atoms with Crippen LogP contribution in [-0.2, 0) is 0 Å². The molecule has 1 aromatic rings. The van der Waals surface area contributed by atoms with Crippen LogP contribution in [0.5, 0.6) is 0 Å². The maximum atomic E-state index is 13.2. The van der Waals surface area contributed by atoms with E-state index in [-0.39, 0.29) is 5.82 Å². The third-order valence-electron chi connectivity index (χ3n) is 1.92. The first kappa shape index (κ1) is 12.4. The molecule has 0 aliphatic carbocycles. The summed E-state index contributed by atoms with van der Waals surface area (Å²) in [6.45, 7) is 4.49. The Hall–Kier alpha value is -0.710. The van der Waals surface area contributed by atoms with E-state index in [9.17, 15) is 9.50 Å². The first-order chi connectivity index (χ1) is 7.11. The highest BCUT2D eigenvalue weighted by molar-refractivity contribution is 9.11. The van der Waals surface area contributed by atoms with Gasteiger partial charge in [0, 0.05) is 23.1 Å². The first-order valence-corrected chi connectivity index (χ1v) is 5.37. The predicted molar refractivity (Wildman–Crippen MR) is 62.3 cm³/mol. The summed E-state index contributed by atoms with van der Waals surface area (Å²) < 4.78 is 14.0. The van der Waals surface area contributed by atoms with Gasteiger partial charge in [-0.3, -0.25) is 0 Å². The van der Waals surface area contributed by atoms with Crippen LogP contribution in [0.15, 0.2) is 35.3 Å². The SMILES string of the molecule is C=C(Br)CNCC(O)c1ccccc1F. The number of rotatable bonds is 5. The second-order valence-electron chi connectivity index (χ2n) is 3.19. The van der Waals surface area contributed by atoms with Crippen molar-refractivity contribution in [1.29, 1.82) is 0 Å². The topological polar surface area (TPSA) is 32.3 Å². The minimum atomic E-state index is -0.835. The Morgan fingerprint density at radius 3 is 2.80 bits per heavy atom. The lowest BCUT2D eigenvalue weighted by Gasteiger charge is -2.12. The zero-order valence-electron chi connectivity index (χ0n) is 8.21. The van der Waals surface area contributed by atoms with Crippen LogP contribution < -0.4 is 5.32 Å². The van der Waals surface area contributed by atoms with Crippen LogP contribution in [0.1, 0.15) is 11.7 Å². The van der Waals surface area contributed by atoms with Gasteiger partial charge in [0.05, 0.1) is 6.10 Å². The van der Waals surface area contributed by atoms with Crippen LogP contribution in [0.2, 0.25) is 0 Å². The molecule has 0 saturated carbocycles. The lowest BCUT2D eigenvalue weighted by molar-refractivity contribution is 0.171. The predicted octanol–water partition coefficient (Wildman–Crippen LogP) is 2.36. The summed E-state index contributed by atoms with van der Waals surface area (Å²) in [5.41, 5.74) is 0.310. The molecule has 1 aromatic carbocycles. The van der Waals surface area contributed by atoms with Crippen molar-refractivity contribution in [3.05, 3.63) is 46.7 Å². The smallest absolute Gasteiger partial charge is 0.129 e. The molecule has 0 spiro atoms. The van der Waals surface area contributed by atoms with Crippen molar-refractivity contribution in [2.24, 2.45) is 0 Å². The zero-order chi connectivity index (χ0) is 11.3. The normalized spacial score (nSPS) is 12.5. The van der Waals surface area contributed by atoms with E-state index in [4.69, 9.17) is 0 Å². The molecule has 0 fully saturated rings. The lowest BCUT2D eigenvalue weighted by atomic mass is 10.1. The Labute approximate surface area is 96.9 Å². The van der Waals surface area contributed by atoms with Crippen molar-refractivity contribution in [3.8, 4) is 0 Å². The lowest BCUT2D eigenvalue weighted by Crippen LogP contribution is -2.23. The average molecular weight is 274 g/mol. The monoisotopic (exact) mass is 273 g/mol. The van der Waals surface area contributed by atoms with Crippen molar-refractivity contribution in [3.63, 3.8) is 0 Å². The van der Waals surface area contributed by atoms with Gasteiger partial charge in [-0.2, -0.15) is 0 Å². The van der Waals surface area contributed by atoms with Crippen molar-refractivity contribution < 1.29 is 9.50 Å². The largest absolute Gasteiger partial charge is 0.387 e. The molecule has 2 nitrogen and oxygen atoms in total. The second kappa shape index (κ2) is 6.00. The molecular weight excluding hydrogens is 261 g/mol. The fourth-order valence-electron chi connectivity index (χ4n) is 1.20. The number of nitrogens with one attached hydrogen (secondary N) is 1. The summed E-state index contributed by atoms with van der Waals surface area (Å²) in [7, 11) is 0. The number of aliphatic hydroxyl groups excluding tert-OH is 1. The van der Waals surface area contributed by atoms with E-state index in [1.165, 1.54) is 6.07 Å². The van der Waals surface area contributed by atoms with E-state index in [1.54, 1.807) is 18.2 Å². The van der Waals surface area contributed by atoms with Gasteiger partial charge in [-0.05, 0) is 6.07 Å². The highest BCUT2D eigenvalue weighted by Gasteiger charge is 2.10. The Bertz CT molecular complexity index is 343. The van der Waals surface area contributed by atoms with Crippen LogP contribution >= 0.6 is 15.9 Å². The zero-order valence-corrected chi connectivity index (χ0v) is 9.80. The molecule has 1 rings (SSSR count). The average Bonchev–Trinajstić information content (AvgIpc) is 2.17. The first-order valence-electron chi connectivity index (χ1n) is 4.57. The minimum Gasteiger partial charge on any atom is -0.387 e. The molecule has 15 heavy (non-hydrogen) atoms. The molecular formula is C11H13BrFNO. The molecule has 4 heteroatoms. The molecule has 0 bridgehead atoms. The van der Waals surface area contributed by atoms with Crippen LogP contribution in [0.25, 0.3) is 0 Å². The van der Waals surface area contributed by atoms with Crippen LogP contribution in [0.4, 0.5) is 4.39 Å². The number of hydrogen-bond donors (Lipinski definition) is 2. The Morgan fingerprint density at radius 2 is 2.20 bits per heavy atom. The van der Waals surface area contributed by atoms with E-state index in [2.05, 4.69) is 27.8 Å². The molecule has 0 aromatic heterocycles. The maximum absolute atomic E-state index is 13.2. The summed E-state index contributed by atoms with van der Waals surface area (Å²) in [6, 6.07) is 6.21. The van der Waals surface area contributed by atoms with Crippen molar-refractivity contribution >= 4 is 15.9 Å². The summed E-state index contributed by atoms with van der Waals surface area (Å²) >= 11 is 3.18. The van der Waals surface area contributed by atoms with Gasteiger partial charge in [0.1, 0.15) is 5.82 Å². The third-order valence-corrected chi connectivity index (χ3v) is 2.20. The minimum absolute atomic E-state index is 0.297. The van der Waals surface area contributed by atoms with Crippen molar-refractivity contribution in [2.75, 3.05) is 13.1 Å². The number of halogens is 2. The number of aliphatic hydroxyl groups is 1. The van der Waals surface area contributed by atoms with E-state index in [0.717, 1.165) is 4.48 Å². The van der Waals surface area contributed by atoms with Gasteiger partial charge in [-0.15, -0.1) is 0 Å². The molecule has 0 saturated heterocycles. The quantitative estimate of drug-likeness (QED) is 0.864. The number of hydrogen-bond acceptors (Lipinski definition) is 2. The molecule has 0 amide bonds. The molecule has 0 aliphatic rings. The van der Waals surface area contributed by atoms with E-state index in [0.29, 0.717) is 18.7 Å². The summed E-state index contributed by atoms with van der Waals surface area (Å²) in [6.07, 6.45) is -0.835. The van der Waals surface area contributed by atoms with Crippen molar-refractivity contribution in [1.82, 2.24) is 5.32 Å². The maximum Gasteiger partial charge on any atom is 0.129 e. The fourth-order valence-corrected chi connectivity index (χ4v) is 1.40. The molecule has 0 radical (unpaired) electrons. The van der Waals surface area contributed by atoms with Gasteiger partial charge in [-0.1, -0.05) is 40.7 Å². The van der Waals surface area contributed by atoms with Crippen LogP contribution in [-0.4, -0.2) is 18.2 Å². The summed E-state index contributed by atoms with van der Waals surface area (Å²) in [5.74, 6) is -0.385. The molecule has 1 atom stereocenters. The standard InChI is InChI=1S/C11H13BrFNO/c1-8(12)6-14-7-11(15)9-4-2-3-5-10(9)13/h2-5,11,14-15H,1,6-7H2.